The highest BCUT2D eigenvalue weighted by atomic mass is 19.4. The zero-order chi connectivity index (χ0) is 16.3. The van der Waals surface area contributed by atoms with Crippen LogP contribution in [-0.4, -0.2) is 36.8 Å². The number of benzene rings is 2. The SMILES string of the molecule is FC(F)(F)CN1CCC(NCc2cccc3ccccc23)CC1. The average molecular weight is 322 g/mol. The maximum Gasteiger partial charge on any atom is 0.401 e. The number of nitrogens with zero attached hydrogens (tertiary/aromatic N) is 1. The zero-order valence-electron chi connectivity index (χ0n) is 12.9. The smallest absolute Gasteiger partial charge is 0.310 e. The van der Waals surface area contributed by atoms with Crippen molar-refractivity contribution in [1.29, 1.82) is 0 Å². The summed E-state index contributed by atoms with van der Waals surface area (Å²) in [5.41, 5.74) is 1.24. The molecule has 0 bridgehead atoms. The fraction of sp³-hybridized carbons (Fsp3) is 0.444. The molecule has 1 aliphatic heterocycles. The molecule has 2 nitrogen and oxygen atoms in total. The average Bonchev–Trinajstić information content (AvgIpc) is 2.53. The van der Waals surface area contributed by atoms with Crippen LogP contribution in [0.1, 0.15) is 18.4 Å². The third-order valence-electron chi connectivity index (χ3n) is 4.45. The molecule has 0 atom stereocenters. The summed E-state index contributed by atoms with van der Waals surface area (Å²) >= 11 is 0. The van der Waals surface area contributed by atoms with E-state index in [0.717, 1.165) is 19.4 Å². The number of nitrogens with one attached hydrogen (secondary N) is 1. The second-order valence-electron chi connectivity index (χ2n) is 6.18. The largest absolute Gasteiger partial charge is 0.401 e. The number of fused-ring (bicyclic) bond motifs is 1. The number of hydrogen-bond donors (Lipinski definition) is 1. The lowest BCUT2D eigenvalue weighted by Crippen LogP contribution is -2.45. The van der Waals surface area contributed by atoms with Gasteiger partial charge in [0.1, 0.15) is 0 Å². The van der Waals surface area contributed by atoms with Crippen molar-refractivity contribution >= 4 is 10.8 Å². The number of piperidine rings is 1. The first kappa shape index (κ1) is 16.3. The number of alkyl halides is 3. The normalized spacial score (nSPS) is 17.7. The first-order valence-corrected chi connectivity index (χ1v) is 8.00. The molecule has 0 spiro atoms. The molecule has 0 aromatic heterocycles. The topological polar surface area (TPSA) is 15.3 Å². The van der Waals surface area contributed by atoms with Crippen molar-refractivity contribution in [3.05, 3.63) is 48.0 Å². The summed E-state index contributed by atoms with van der Waals surface area (Å²) in [6.07, 6.45) is -2.56. The second-order valence-corrected chi connectivity index (χ2v) is 6.18. The van der Waals surface area contributed by atoms with Crippen LogP contribution in [0.3, 0.4) is 0 Å². The van der Waals surface area contributed by atoms with Gasteiger partial charge in [-0.2, -0.15) is 13.2 Å². The molecule has 124 valence electrons. The summed E-state index contributed by atoms with van der Waals surface area (Å²) in [6.45, 7) is 0.980. The van der Waals surface area contributed by atoms with E-state index in [1.165, 1.54) is 21.2 Å². The van der Waals surface area contributed by atoms with Gasteiger partial charge in [0.2, 0.25) is 0 Å². The summed E-state index contributed by atoms with van der Waals surface area (Å²) in [5, 5.41) is 5.95. The Morgan fingerprint density at radius 3 is 2.43 bits per heavy atom. The fourth-order valence-corrected chi connectivity index (χ4v) is 3.25. The molecule has 3 rings (SSSR count). The Kier molecular flexibility index (Phi) is 4.87. The lowest BCUT2D eigenvalue weighted by atomic mass is 10.0. The molecule has 5 heteroatoms. The van der Waals surface area contributed by atoms with E-state index in [-0.39, 0.29) is 0 Å². The van der Waals surface area contributed by atoms with E-state index in [0.29, 0.717) is 19.1 Å². The van der Waals surface area contributed by atoms with E-state index < -0.39 is 12.7 Å². The van der Waals surface area contributed by atoms with Crippen LogP contribution in [-0.2, 0) is 6.54 Å². The molecule has 2 aromatic carbocycles. The van der Waals surface area contributed by atoms with Crippen LogP contribution in [0, 0.1) is 0 Å². The van der Waals surface area contributed by atoms with Gasteiger partial charge in [0.15, 0.2) is 0 Å². The summed E-state index contributed by atoms with van der Waals surface area (Å²) in [5.74, 6) is 0. The predicted octanol–water partition coefficient (Wildman–Crippen LogP) is 3.96. The minimum atomic E-state index is -4.09. The molecule has 1 heterocycles. The van der Waals surface area contributed by atoms with Crippen LogP contribution in [0.2, 0.25) is 0 Å². The van der Waals surface area contributed by atoms with Crippen LogP contribution in [0.5, 0.6) is 0 Å². The van der Waals surface area contributed by atoms with Crippen molar-refractivity contribution in [3.8, 4) is 0 Å². The molecule has 23 heavy (non-hydrogen) atoms. The quantitative estimate of drug-likeness (QED) is 0.917. The maximum absolute atomic E-state index is 12.4. The van der Waals surface area contributed by atoms with Crippen LogP contribution >= 0.6 is 0 Å². The highest BCUT2D eigenvalue weighted by Gasteiger charge is 2.32. The zero-order valence-corrected chi connectivity index (χ0v) is 12.9. The van der Waals surface area contributed by atoms with Gasteiger partial charge < -0.3 is 5.32 Å². The minimum absolute atomic E-state index is 0.290. The monoisotopic (exact) mass is 322 g/mol. The lowest BCUT2D eigenvalue weighted by Gasteiger charge is -2.32. The van der Waals surface area contributed by atoms with E-state index in [4.69, 9.17) is 0 Å². The third-order valence-corrected chi connectivity index (χ3v) is 4.45. The predicted molar refractivity (Wildman–Crippen MR) is 86.3 cm³/mol. The van der Waals surface area contributed by atoms with Gasteiger partial charge in [-0.25, -0.2) is 0 Å². The first-order chi connectivity index (χ1) is 11.0. The molecule has 1 N–H and O–H groups in total. The summed E-state index contributed by atoms with van der Waals surface area (Å²) in [6, 6.07) is 14.8. The molecule has 0 aliphatic carbocycles. The minimum Gasteiger partial charge on any atom is -0.310 e. The standard InChI is InChI=1S/C18H21F3N2/c19-18(20,21)13-23-10-8-16(9-11-23)22-12-15-6-3-5-14-4-1-2-7-17(14)15/h1-7,16,22H,8-13H2. The molecule has 1 fully saturated rings. The van der Waals surface area contributed by atoms with Crippen molar-refractivity contribution in [3.63, 3.8) is 0 Å². The highest BCUT2D eigenvalue weighted by molar-refractivity contribution is 5.85. The maximum atomic E-state index is 12.4. The van der Waals surface area contributed by atoms with Gasteiger partial charge in [0, 0.05) is 12.6 Å². The first-order valence-electron chi connectivity index (χ1n) is 8.00. The number of hydrogen-bond acceptors (Lipinski definition) is 2. The van der Waals surface area contributed by atoms with Crippen molar-refractivity contribution in [2.75, 3.05) is 19.6 Å². The Hall–Kier alpha value is -1.59. The fourth-order valence-electron chi connectivity index (χ4n) is 3.25. The highest BCUT2D eigenvalue weighted by Crippen LogP contribution is 2.21. The molecule has 0 saturated carbocycles. The van der Waals surface area contributed by atoms with E-state index in [2.05, 4.69) is 29.6 Å². The molecular formula is C18H21F3N2. The van der Waals surface area contributed by atoms with Crippen LogP contribution in [0.25, 0.3) is 10.8 Å². The summed E-state index contributed by atoms with van der Waals surface area (Å²) in [4.78, 5) is 1.50. The Labute approximate surface area is 134 Å². The van der Waals surface area contributed by atoms with E-state index in [9.17, 15) is 13.2 Å². The molecule has 0 unspecified atom stereocenters. The number of likely N-dealkylation sites (tertiary alicyclic amines) is 1. The molecular weight excluding hydrogens is 301 g/mol. The van der Waals surface area contributed by atoms with Crippen molar-refractivity contribution in [2.45, 2.75) is 31.6 Å². The van der Waals surface area contributed by atoms with Gasteiger partial charge in [-0.3, -0.25) is 4.90 Å². The van der Waals surface area contributed by atoms with Crippen LogP contribution in [0.4, 0.5) is 13.2 Å². The molecule has 0 radical (unpaired) electrons. The number of rotatable bonds is 4. The van der Waals surface area contributed by atoms with Gasteiger partial charge in [-0.1, -0.05) is 42.5 Å². The molecule has 1 saturated heterocycles. The van der Waals surface area contributed by atoms with E-state index in [1.807, 2.05) is 18.2 Å². The Balaban J connectivity index is 1.53. The van der Waals surface area contributed by atoms with Gasteiger partial charge in [0.05, 0.1) is 6.54 Å². The van der Waals surface area contributed by atoms with Gasteiger partial charge in [-0.05, 0) is 42.3 Å². The van der Waals surface area contributed by atoms with E-state index in [1.54, 1.807) is 0 Å². The van der Waals surface area contributed by atoms with E-state index >= 15 is 0 Å². The summed E-state index contributed by atoms with van der Waals surface area (Å²) in [7, 11) is 0. The third kappa shape index (κ3) is 4.45. The Bertz CT molecular complexity index is 641. The van der Waals surface area contributed by atoms with Crippen molar-refractivity contribution < 1.29 is 13.2 Å². The Morgan fingerprint density at radius 1 is 1.00 bits per heavy atom. The summed E-state index contributed by atoms with van der Waals surface area (Å²) < 4.78 is 37.2. The number of halogens is 3. The lowest BCUT2D eigenvalue weighted by molar-refractivity contribution is -0.148. The van der Waals surface area contributed by atoms with Gasteiger partial charge in [-0.15, -0.1) is 0 Å². The van der Waals surface area contributed by atoms with Crippen LogP contribution < -0.4 is 5.32 Å². The van der Waals surface area contributed by atoms with Crippen molar-refractivity contribution in [2.24, 2.45) is 0 Å². The van der Waals surface area contributed by atoms with Crippen molar-refractivity contribution in [1.82, 2.24) is 10.2 Å². The molecule has 0 amide bonds. The van der Waals surface area contributed by atoms with Crippen LogP contribution in [0.15, 0.2) is 42.5 Å². The van der Waals surface area contributed by atoms with Gasteiger partial charge in [0.25, 0.3) is 0 Å². The second kappa shape index (κ2) is 6.89. The Morgan fingerprint density at radius 2 is 1.70 bits per heavy atom. The molecule has 2 aromatic rings. The van der Waals surface area contributed by atoms with Gasteiger partial charge >= 0.3 is 6.18 Å². The molecule has 1 aliphatic rings.